The summed E-state index contributed by atoms with van der Waals surface area (Å²) in [6.45, 7) is 5.06. The number of hydrogen-bond acceptors (Lipinski definition) is 2. The van der Waals surface area contributed by atoms with Gasteiger partial charge in [-0.1, -0.05) is 43.1 Å². The number of piperidine rings is 1. The maximum absolute atomic E-state index is 10.9. The number of aliphatic hydroxyl groups is 1. The van der Waals surface area contributed by atoms with Crippen LogP contribution in [0.2, 0.25) is 5.02 Å². The van der Waals surface area contributed by atoms with Crippen molar-refractivity contribution < 1.29 is 5.11 Å². The summed E-state index contributed by atoms with van der Waals surface area (Å²) < 4.78 is 0. The molecule has 1 aliphatic heterocycles. The third-order valence-corrected chi connectivity index (χ3v) is 4.52. The summed E-state index contributed by atoms with van der Waals surface area (Å²) in [6, 6.07) is 7.66. The van der Waals surface area contributed by atoms with Gasteiger partial charge in [-0.3, -0.25) is 0 Å². The molecule has 0 radical (unpaired) electrons. The molecule has 1 fully saturated rings. The van der Waals surface area contributed by atoms with Crippen LogP contribution in [-0.4, -0.2) is 17.7 Å². The average molecular weight is 268 g/mol. The van der Waals surface area contributed by atoms with Crippen molar-refractivity contribution in [1.82, 2.24) is 5.32 Å². The fraction of sp³-hybridized carbons (Fsp3) is 0.600. The largest absolute Gasteiger partial charge is 0.384 e. The molecule has 3 heteroatoms. The minimum Gasteiger partial charge on any atom is -0.384 e. The van der Waals surface area contributed by atoms with E-state index in [0.717, 1.165) is 18.5 Å². The van der Waals surface area contributed by atoms with Crippen molar-refractivity contribution in [3.05, 3.63) is 34.9 Å². The highest BCUT2D eigenvalue weighted by Gasteiger charge is 2.37. The zero-order valence-electron chi connectivity index (χ0n) is 11.1. The van der Waals surface area contributed by atoms with E-state index in [1.807, 2.05) is 31.2 Å². The molecule has 1 aromatic rings. The van der Waals surface area contributed by atoms with E-state index in [1.54, 1.807) is 0 Å². The lowest BCUT2D eigenvalue weighted by molar-refractivity contribution is -0.00299. The van der Waals surface area contributed by atoms with Gasteiger partial charge in [0.1, 0.15) is 5.60 Å². The van der Waals surface area contributed by atoms with E-state index < -0.39 is 5.60 Å². The third-order valence-electron chi connectivity index (χ3n) is 4.19. The van der Waals surface area contributed by atoms with Crippen LogP contribution in [0.5, 0.6) is 0 Å². The number of nitrogens with one attached hydrogen (secondary N) is 1. The number of halogens is 1. The Kier molecular flexibility index (Phi) is 4.31. The van der Waals surface area contributed by atoms with Crippen molar-refractivity contribution in [3.63, 3.8) is 0 Å². The molecule has 2 N–H and O–H groups in total. The van der Waals surface area contributed by atoms with E-state index in [2.05, 4.69) is 12.2 Å². The molecule has 0 spiro atoms. The molecular formula is C15H22ClNO. The molecule has 1 aromatic carbocycles. The molecule has 0 aliphatic carbocycles. The third kappa shape index (κ3) is 2.71. The van der Waals surface area contributed by atoms with E-state index in [1.165, 1.54) is 12.8 Å². The van der Waals surface area contributed by atoms with Gasteiger partial charge in [-0.05, 0) is 38.3 Å². The number of hydrogen-bond donors (Lipinski definition) is 2. The fourth-order valence-corrected chi connectivity index (χ4v) is 3.18. The highest BCUT2D eigenvalue weighted by molar-refractivity contribution is 6.31. The van der Waals surface area contributed by atoms with Gasteiger partial charge >= 0.3 is 0 Å². The molecule has 1 saturated heterocycles. The van der Waals surface area contributed by atoms with Crippen molar-refractivity contribution in [1.29, 1.82) is 0 Å². The lowest BCUT2D eigenvalue weighted by atomic mass is 9.79. The molecule has 0 aromatic heterocycles. The van der Waals surface area contributed by atoms with Gasteiger partial charge in [0.2, 0.25) is 0 Å². The van der Waals surface area contributed by atoms with Crippen molar-refractivity contribution in [3.8, 4) is 0 Å². The van der Waals surface area contributed by atoms with Crippen LogP contribution in [0.4, 0.5) is 0 Å². The maximum Gasteiger partial charge on any atom is 0.103 e. The molecule has 2 rings (SSSR count). The van der Waals surface area contributed by atoms with Gasteiger partial charge in [0, 0.05) is 16.6 Å². The van der Waals surface area contributed by atoms with Crippen molar-refractivity contribution in [2.24, 2.45) is 5.92 Å². The van der Waals surface area contributed by atoms with Crippen LogP contribution in [0, 0.1) is 5.92 Å². The Morgan fingerprint density at radius 1 is 1.44 bits per heavy atom. The summed E-state index contributed by atoms with van der Waals surface area (Å²) in [5.74, 6) is 0.699. The van der Waals surface area contributed by atoms with Gasteiger partial charge < -0.3 is 10.4 Å². The molecule has 18 heavy (non-hydrogen) atoms. The van der Waals surface area contributed by atoms with Gasteiger partial charge in [0.05, 0.1) is 0 Å². The SMILES string of the molecule is CCC1CCNC(C(C)(O)c2ccccc2Cl)C1. The minimum atomic E-state index is -0.911. The Morgan fingerprint density at radius 2 is 2.17 bits per heavy atom. The van der Waals surface area contributed by atoms with E-state index in [4.69, 9.17) is 11.6 Å². The minimum absolute atomic E-state index is 0.0797. The molecule has 3 atom stereocenters. The van der Waals surface area contributed by atoms with Gasteiger partial charge in [-0.25, -0.2) is 0 Å². The van der Waals surface area contributed by atoms with Crippen LogP contribution in [0.1, 0.15) is 38.7 Å². The Labute approximate surface area is 114 Å². The smallest absolute Gasteiger partial charge is 0.103 e. The number of benzene rings is 1. The Hall–Kier alpha value is -0.570. The second-order valence-electron chi connectivity index (χ2n) is 5.43. The van der Waals surface area contributed by atoms with Crippen LogP contribution < -0.4 is 5.32 Å². The van der Waals surface area contributed by atoms with E-state index >= 15 is 0 Å². The highest BCUT2D eigenvalue weighted by atomic mass is 35.5. The molecule has 0 amide bonds. The summed E-state index contributed by atoms with van der Waals surface area (Å²) in [5.41, 5.74) is -0.0902. The molecule has 3 unspecified atom stereocenters. The van der Waals surface area contributed by atoms with Gasteiger partial charge in [0.25, 0.3) is 0 Å². The molecule has 2 nitrogen and oxygen atoms in total. The fourth-order valence-electron chi connectivity index (χ4n) is 2.85. The van der Waals surface area contributed by atoms with Crippen LogP contribution in [0.3, 0.4) is 0 Å². The maximum atomic E-state index is 10.9. The lowest BCUT2D eigenvalue weighted by Gasteiger charge is -2.40. The molecule has 1 aliphatic rings. The Morgan fingerprint density at radius 3 is 2.83 bits per heavy atom. The zero-order valence-corrected chi connectivity index (χ0v) is 11.9. The second-order valence-corrected chi connectivity index (χ2v) is 5.84. The first-order valence-corrected chi connectivity index (χ1v) is 7.14. The van der Waals surface area contributed by atoms with Gasteiger partial charge in [0.15, 0.2) is 0 Å². The topological polar surface area (TPSA) is 32.3 Å². The quantitative estimate of drug-likeness (QED) is 0.881. The van der Waals surface area contributed by atoms with Crippen molar-refractivity contribution in [2.75, 3.05) is 6.54 Å². The summed E-state index contributed by atoms with van der Waals surface area (Å²) in [4.78, 5) is 0. The molecular weight excluding hydrogens is 246 g/mol. The van der Waals surface area contributed by atoms with Crippen LogP contribution in [0.25, 0.3) is 0 Å². The standard InChI is InChI=1S/C15H22ClNO/c1-3-11-8-9-17-14(10-11)15(2,18)12-6-4-5-7-13(12)16/h4-7,11,14,17-18H,3,8-10H2,1-2H3. The molecule has 0 saturated carbocycles. The number of rotatable bonds is 3. The summed E-state index contributed by atoms with van der Waals surface area (Å²) in [7, 11) is 0. The first-order valence-electron chi connectivity index (χ1n) is 6.76. The summed E-state index contributed by atoms with van der Waals surface area (Å²) >= 11 is 6.21. The van der Waals surface area contributed by atoms with Gasteiger partial charge in [-0.2, -0.15) is 0 Å². The lowest BCUT2D eigenvalue weighted by Crippen LogP contribution is -2.51. The summed E-state index contributed by atoms with van der Waals surface area (Å²) in [6.07, 6.45) is 3.39. The monoisotopic (exact) mass is 267 g/mol. The first-order chi connectivity index (χ1) is 8.55. The molecule has 0 bridgehead atoms. The average Bonchev–Trinajstić information content (AvgIpc) is 2.39. The zero-order chi connectivity index (χ0) is 13.2. The van der Waals surface area contributed by atoms with Crippen LogP contribution in [-0.2, 0) is 5.60 Å². The van der Waals surface area contributed by atoms with Crippen LogP contribution in [0.15, 0.2) is 24.3 Å². The predicted octanol–water partition coefficient (Wildman–Crippen LogP) is 3.33. The highest BCUT2D eigenvalue weighted by Crippen LogP contribution is 2.35. The van der Waals surface area contributed by atoms with E-state index in [9.17, 15) is 5.11 Å². The molecule has 1 heterocycles. The Balaban J connectivity index is 2.22. The summed E-state index contributed by atoms with van der Waals surface area (Å²) in [5, 5.41) is 14.9. The molecule has 100 valence electrons. The van der Waals surface area contributed by atoms with Crippen molar-refractivity contribution >= 4 is 11.6 Å². The predicted molar refractivity (Wildman–Crippen MR) is 75.8 cm³/mol. The Bertz CT molecular complexity index is 405. The first kappa shape index (κ1) is 13.9. The van der Waals surface area contributed by atoms with Crippen LogP contribution >= 0.6 is 11.6 Å². The van der Waals surface area contributed by atoms with Crippen molar-refractivity contribution in [2.45, 2.75) is 44.8 Å². The van der Waals surface area contributed by atoms with Gasteiger partial charge in [-0.15, -0.1) is 0 Å². The second kappa shape index (κ2) is 5.60. The van der Waals surface area contributed by atoms with E-state index in [-0.39, 0.29) is 6.04 Å². The normalized spacial score (nSPS) is 27.8. The van der Waals surface area contributed by atoms with E-state index in [0.29, 0.717) is 10.9 Å².